The highest BCUT2D eigenvalue weighted by atomic mass is 16.7. The molecule has 4 atom stereocenters. The Morgan fingerprint density at radius 2 is 2.05 bits per heavy atom. The molecule has 0 radical (unpaired) electrons. The molecule has 0 spiro atoms. The van der Waals surface area contributed by atoms with E-state index in [2.05, 4.69) is 24.1 Å². The number of fused-ring (bicyclic) bond motifs is 2. The van der Waals surface area contributed by atoms with Crippen LogP contribution in [0.3, 0.4) is 0 Å². The van der Waals surface area contributed by atoms with E-state index in [1.165, 1.54) is 0 Å². The van der Waals surface area contributed by atoms with Gasteiger partial charge in [-0.15, -0.1) is 0 Å². The van der Waals surface area contributed by atoms with E-state index in [1.807, 2.05) is 0 Å². The van der Waals surface area contributed by atoms with Crippen LogP contribution in [-0.2, 0) is 19.0 Å². The first kappa shape index (κ1) is 13.8. The molecule has 0 aromatic rings. The SMILES string of the molecule is COC1(OC)[C@@H]2C=C[C@H]1[C@@H]([C@@]1(C)COC(=O)C(C)=N1)C2. The minimum absolute atomic E-state index is 0.140. The van der Waals surface area contributed by atoms with Crippen molar-refractivity contribution in [3.63, 3.8) is 0 Å². The zero-order valence-corrected chi connectivity index (χ0v) is 12.4. The summed E-state index contributed by atoms with van der Waals surface area (Å²) < 4.78 is 16.7. The molecular weight excluding hydrogens is 258 g/mol. The zero-order valence-electron chi connectivity index (χ0n) is 12.4. The van der Waals surface area contributed by atoms with Gasteiger partial charge in [0.15, 0.2) is 5.79 Å². The van der Waals surface area contributed by atoms with Gasteiger partial charge in [0.25, 0.3) is 0 Å². The molecule has 1 fully saturated rings. The Morgan fingerprint density at radius 1 is 1.35 bits per heavy atom. The summed E-state index contributed by atoms with van der Waals surface area (Å²) in [7, 11) is 3.38. The summed E-state index contributed by atoms with van der Waals surface area (Å²) >= 11 is 0. The number of hydrogen-bond acceptors (Lipinski definition) is 5. The van der Waals surface area contributed by atoms with Crippen LogP contribution in [-0.4, -0.2) is 43.8 Å². The van der Waals surface area contributed by atoms with Crippen molar-refractivity contribution in [3.8, 4) is 0 Å². The van der Waals surface area contributed by atoms with Gasteiger partial charge in [-0.1, -0.05) is 12.2 Å². The van der Waals surface area contributed by atoms with Crippen LogP contribution in [0.5, 0.6) is 0 Å². The molecule has 0 saturated heterocycles. The molecule has 1 saturated carbocycles. The van der Waals surface area contributed by atoms with Gasteiger partial charge >= 0.3 is 5.97 Å². The average molecular weight is 279 g/mol. The Morgan fingerprint density at radius 3 is 2.60 bits per heavy atom. The van der Waals surface area contributed by atoms with Gasteiger partial charge in [-0.25, -0.2) is 4.79 Å². The predicted molar refractivity (Wildman–Crippen MR) is 73.4 cm³/mol. The number of esters is 1. The van der Waals surface area contributed by atoms with Gasteiger partial charge in [0.2, 0.25) is 0 Å². The average Bonchev–Trinajstić information content (AvgIpc) is 2.96. The lowest BCUT2D eigenvalue weighted by atomic mass is 9.77. The van der Waals surface area contributed by atoms with Crippen molar-refractivity contribution in [2.75, 3.05) is 20.8 Å². The van der Waals surface area contributed by atoms with Crippen LogP contribution < -0.4 is 0 Å². The quantitative estimate of drug-likeness (QED) is 0.447. The lowest BCUT2D eigenvalue weighted by molar-refractivity contribution is -0.233. The third-order valence-electron chi connectivity index (χ3n) is 5.12. The van der Waals surface area contributed by atoms with Crippen molar-refractivity contribution in [2.24, 2.45) is 22.7 Å². The van der Waals surface area contributed by atoms with E-state index in [-0.39, 0.29) is 23.7 Å². The Kier molecular flexibility index (Phi) is 3.03. The van der Waals surface area contributed by atoms with Gasteiger partial charge < -0.3 is 14.2 Å². The molecule has 1 aliphatic heterocycles. The Bertz CT molecular complexity index is 494. The molecule has 3 rings (SSSR count). The third-order valence-corrected chi connectivity index (χ3v) is 5.12. The summed E-state index contributed by atoms with van der Waals surface area (Å²) in [5.41, 5.74) is 0.0516. The summed E-state index contributed by atoms with van der Waals surface area (Å²) in [6.07, 6.45) is 5.27. The van der Waals surface area contributed by atoms with Crippen LogP contribution in [0.1, 0.15) is 20.3 Å². The van der Waals surface area contributed by atoms with E-state index in [4.69, 9.17) is 14.2 Å². The second kappa shape index (κ2) is 4.40. The first-order valence-corrected chi connectivity index (χ1v) is 6.99. The lowest BCUT2D eigenvalue weighted by Gasteiger charge is -2.39. The largest absolute Gasteiger partial charge is 0.459 e. The molecule has 2 bridgehead atoms. The highest BCUT2D eigenvalue weighted by Gasteiger charge is 2.62. The van der Waals surface area contributed by atoms with Gasteiger partial charge in [-0.2, -0.15) is 0 Å². The number of hydrogen-bond donors (Lipinski definition) is 0. The van der Waals surface area contributed by atoms with Crippen molar-refractivity contribution < 1.29 is 19.0 Å². The van der Waals surface area contributed by atoms with Crippen LogP contribution in [0, 0.1) is 17.8 Å². The minimum atomic E-state index is -0.585. The molecule has 110 valence electrons. The fraction of sp³-hybridized carbons (Fsp3) is 0.733. The molecule has 0 aromatic heterocycles. The number of rotatable bonds is 3. The summed E-state index contributed by atoms with van der Waals surface area (Å²) in [6.45, 7) is 4.09. The molecule has 0 unspecified atom stereocenters. The molecule has 0 N–H and O–H groups in total. The number of methoxy groups -OCH3 is 2. The normalized spacial score (nSPS) is 41.7. The monoisotopic (exact) mass is 279 g/mol. The summed E-state index contributed by atoms with van der Waals surface area (Å²) in [6, 6.07) is 0. The maximum atomic E-state index is 11.5. The van der Waals surface area contributed by atoms with Crippen LogP contribution in [0.2, 0.25) is 0 Å². The van der Waals surface area contributed by atoms with Crippen molar-refractivity contribution in [1.29, 1.82) is 0 Å². The minimum Gasteiger partial charge on any atom is -0.459 e. The van der Waals surface area contributed by atoms with Gasteiger partial charge in [0.05, 0.1) is 5.54 Å². The van der Waals surface area contributed by atoms with E-state index in [9.17, 15) is 4.79 Å². The molecule has 20 heavy (non-hydrogen) atoms. The summed E-state index contributed by atoms with van der Waals surface area (Å²) in [5.74, 6) is -0.275. The van der Waals surface area contributed by atoms with E-state index >= 15 is 0 Å². The molecule has 5 heteroatoms. The summed E-state index contributed by atoms with van der Waals surface area (Å²) in [4.78, 5) is 16.1. The highest BCUT2D eigenvalue weighted by molar-refractivity contribution is 6.35. The zero-order chi connectivity index (χ0) is 14.5. The van der Waals surface area contributed by atoms with Crippen LogP contribution in [0.25, 0.3) is 0 Å². The van der Waals surface area contributed by atoms with Gasteiger partial charge in [0.1, 0.15) is 12.3 Å². The van der Waals surface area contributed by atoms with E-state index in [1.54, 1.807) is 21.1 Å². The molecule has 3 aliphatic rings. The molecule has 2 aliphatic carbocycles. The predicted octanol–water partition coefficient (Wildman–Crippen LogP) is 1.57. The molecule has 5 nitrogen and oxygen atoms in total. The number of aliphatic imine (C=N–C) groups is 1. The van der Waals surface area contributed by atoms with Gasteiger partial charge in [-0.3, -0.25) is 4.99 Å². The number of carbonyl (C=O) groups excluding carboxylic acids is 1. The van der Waals surface area contributed by atoms with Crippen molar-refractivity contribution in [2.45, 2.75) is 31.6 Å². The van der Waals surface area contributed by atoms with Crippen LogP contribution in [0.15, 0.2) is 17.1 Å². The first-order valence-electron chi connectivity index (χ1n) is 6.99. The number of cyclic esters (lactones) is 1. The standard InChI is InChI=1S/C15H21NO4/c1-9-13(17)20-8-14(2,16-9)12-7-10-5-6-11(12)15(10,18-3)19-4/h5-6,10-12H,7-8H2,1-4H3/t10-,11+,12+,14-/m1/s1. The lowest BCUT2D eigenvalue weighted by Crippen LogP contribution is -2.48. The van der Waals surface area contributed by atoms with Gasteiger partial charge in [0, 0.05) is 26.1 Å². The Labute approximate surface area is 119 Å². The molecule has 0 amide bonds. The molecule has 1 heterocycles. The second-order valence-electron chi connectivity index (χ2n) is 6.12. The smallest absolute Gasteiger partial charge is 0.352 e. The Hall–Kier alpha value is -1.20. The van der Waals surface area contributed by atoms with Gasteiger partial charge in [-0.05, 0) is 26.2 Å². The third kappa shape index (κ3) is 1.63. The maximum absolute atomic E-state index is 11.5. The maximum Gasteiger partial charge on any atom is 0.352 e. The highest BCUT2D eigenvalue weighted by Crippen LogP contribution is 2.57. The fourth-order valence-corrected chi connectivity index (χ4v) is 4.11. The first-order chi connectivity index (χ1) is 9.47. The van der Waals surface area contributed by atoms with E-state index < -0.39 is 11.3 Å². The number of carbonyl (C=O) groups is 1. The van der Waals surface area contributed by atoms with Crippen molar-refractivity contribution >= 4 is 11.7 Å². The van der Waals surface area contributed by atoms with Crippen molar-refractivity contribution in [3.05, 3.63) is 12.2 Å². The number of ether oxygens (including phenoxy) is 3. The van der Waals surface area contributed by atoms with E-state index in [0.717, 1.165) is 6.42 Å². The van der Waals surface area contributed by atoms with Crippen LogP contribution >= 0.6 is 0 Å². The Balaban J connectivity index is 1.94. The molecular formula is C15H21NO4. The summed E-state index contributed by atoms with van der Waals surface area (Å²) in [5, 5.41) is 0. The second-order valence-corrected chi connectivity index (χ2v) is 6.12. The van der Waals surface area contributed by atoms with E-state index in [0.29, 0.717) is 12.3 Å². The molecule has 0 aromatic carbocycles. The van der Waals surface area contributed by atoms with Crippen molar-refractivity contribution in [1.82, 2.24) is 0 Å². The van der Waals surface area contributed by atoms with Crippen LogP contribution in [0.4, 0.5) is 0 Å². The fourth-order valence-electron chi connectivity index (χ4n) is 4.11. The number of nitrogens with zero attached hydrogens (tertiary/aromatic N) is 1. The topological polar surface area (TPSA) is 57.1 Å².